The Hall–Kier alpha value is -1.78. The SMILES string of the molecule is c1ccc2[nH]c(SSc3cc4ccccc4[nH]3)cc2c1. The maximum absolute atomic E-state index is 3.43. The number of nitrogens with one attached hydrogen (secondary N) is 2. The second-order valence-corrected chi connectivity index (χ2v) is 6.82. The third-order valence-electron chi connectivity index (χ3n) is 3.23. The molecule has 20 heavy (non-hydrogen) atoms. The highest BCUT2D eigenvalue weighted by atomic mass is 33.1. The van der Waals surface area contributed by atoms with Gasteiger partial charge in [0.05, 0.1) is 10.1 Å². The molecule has 0 unspecified atom stereocenters. The molecule has 2 aromatic carbocycles. The highest BCUT2D eigenvalue weighted by Gasteiger charge is 2.04. The molecule has 2 heterocycles. The summed E-state index contributed by atoms with van der Waals surface area (Å²) in [5.41, 5.74) is 2.37. The molecular formula is C16H12N2S2. The van der Waals surface area contributed by atoms with Crippen molar-refractivity contribution in [3.8, 4) is 0 Å². The van der Waals surface area contributed by atoms with E-state index in [-0.39, 0.29) is 0 Å². The van der Waals surface area contributed by atoms with Gasteiger partial charge in [0.2, 0.25) is 0 Å². The van der Waals surface area contributed by atoms with Gasteiger partial charge in [0.15, 0.2) is 0 Å². The summed E-state index contributed by atoms with van der Waals surface area (Å²) in [6.45, 7) is 0. The fourth-order valence-corrected chi connectivity index (χ4v) is 4.18. The van der Waals surface area contributed by atoms with E-state index >= 15 is 0 Å². The van der Waals surface area contributed by atoms with Gasteiger partial charge in [-0.15, -0.1) is 0 Å². The Kier molecular flexibility index (Phi) is 2.98. The summed E-state index contributed by atoms with van der Waals surface area (Å²) < 4.78 is 0. The average Bonchev–Trinajstić information content (AvgIpc) is 3.07. The normalized spacial score (nSPS) is 11.4. The summed E-state index contributed by atoms with van der Waals surface area (Å²) in [4.78, 5) is 6.86. The fourth-order valence-electron chi connectivity index (χ4n) is 2.27. The van der Waals surface area contributed by atoms with Crippen LogP contribution in [0.15, 0.2) is 70.7 Å². The second-order valence-electron chi connectivity index (χ2n) is 4.61. The molecule has 0 aliphatic carbocycles. The quantitative estimate of drug-likeness (QED) is 0.493. The molecule has 0 spiro atoms. The minimum atomic E-state index is 1.18. The molecule has 0 saturated carbocycles. The van der Waals surface area contributed by atoms with Crippen molar-refractivity contribution in [1.29, 1.82) is 0 Å². The number of para-hydroxylation sites is 2. The van der Waals surface area contributed by atoms with Crippen molar-refractivity contribution >= 4 is 43.4 Å². The van der Waals surface area contributed by atoms with Crippen LogP contribution in [-0.2, 0) is 0 Å². The van der Waals surface area contributed by atoms with Crippen LogP contribution in [0.4, 0.5) is 0 Å². The van der Waals surface area contributed by atoms with Crippen molar-refractivity contribution < 1.29 is 0 Å². The molecule has 0 atom stereocenters. The van der Waals surface area contributed by atoms with E-state index < -0.39 is 0 Å². The highest BCUT2D eigenvalue weighted by Crippen LogP contribution is 2.38. The number of aromatic amines is 2. The van der Waals surface area contributed by atoms with Gasteiger partial charge in [0.25, 0.3) is 0 Å². The predicted octanol–water partition coefficient (Wildman–Crippen LogP) is 5.45. The Balaban J connectivity index is 1.57. The Labute approximate surface area is 124 Å². The maximum atomic E-state index is 3.43. The Morgan fingerprint density at radius 2 is 1.05 bits per heavy atom. The first-order valence-electron chi connectivity index (χ1n) is 6.38. The van der Waals surface area contributed by atoms with Crippen molar-refractivity contribution in [2.75, 3.05) is 0 Å². The molecule has 2 nitrogen and oxygen atoms in total. The molecule has 0 amide bonds. The van der Waals surface area contributed by atoms with E-state index in [1.54, 1.807) is 21.6 Å². The van der Waals surface area contributed by atoms with Crippen LogP contribution in [0.2, 0.25) is 0 Å². The van der Waals surface area contributed by atoms with Gasteiger partial charge in [-0.2, -0.15) is 0 Å². The minimum absolute atomic E-state index is 1.18. The number of aromatic nitrogens is 2. The molecule has 0 bridgehead atoms. The number of hydrogen-bond acceptors (Lipinski definition) is 2. The smallest absolute Gasteiger partial charge is 0.0844 e. The van der Waals surface area contributed by atoms with Crippen LogP contribution in [0.3, 0.4) is 0 Å². The zero-order valence-electron chi connectivity index (χ0n) is 10.6. The van der Waals surface area contributed by atoms with Gasteiger partial charge >= 0.3 is 0 Å². The molecule has 2 aromatic heterocycles. The predicted molar refractivity (Wildman–Crippen MR) is 88.3 cm³/mol. The van der Waals surface area contributed by atoms with Gasteiger partial charge in [0.1, 0.15) is 0 Å². The largest absolute Gasteiger partial charge is 0.349 e. The first-order valence-corrected chi connectivity index (χ1v) is 8.53. The molecular weight excluding hydrogens is 284 g/mol. The molecule has 0 aliphatic heterocycles. The van der Waals surface area contributed by atoms with Crippen molar-refractivity contribution in [3.05, 3.63) is 60.7 Å². The van der Waals surface area contributed by atoms with Gasteiger partial charge in [0, 0.05) is 21.8 Å². The van der Waals surface area contributed by atoms with Gasteiger partial charge in [-0.25, -0.2) is 0 Å². The summed E-state index contributed by atoms with van der Waals surface area (Å²) in [6, 6.07) is 21.1. The summed E-state index contributed by atoms with van der Waals surface area (Å²) >= 11 is 0. The van der Waals surface area contributed by atoms with Gasteiger partial charge in [-0.3, -0.25) is 0 Å². The van der Waals surface area contributed by atoms with Gasteiger partial charge in [-0.1, -0.05) is 36.4 Å². The number of rotatable bonds is 3. The number of benzene rings is 2. The van der Waals surface area contributed by atoms with E-state index in [1.165, 1.54) is 31.9 Å². The minimum Gasteiger partial charge on any atom is -0.349 e. The van der Waals surface area contributed by atoms with Gasteiger partial charge < -0.3 is 9.97 Å². The first-order chi connectivity index (χ1) is 9.88. The van der Waals surface area contributed by atoms with Crippen LogP contribution in [-0.4, -0.2) is 9.97 Å². The van der Waals surface area contributed by atoms with Crippen LogP contribution in [0.5, 0.6) is 0 Å². The molecule has 4 heteroatoms. The number of hydrogen-bond donors (Lipinski definition) is 2. The van der Waals surface area contributed by atoms with Crippen LogP contribution in [0, 0.1) is 0 Å². The van der Waals surface area contributed by atoms with E-state index in [0.29, 0.717) is 0 Å². The lowest BCUT2D eigenvalue weighted by atomic mass is 10.3. The van der Waals surface area contributed by atoms with Crippen molar-refractivity contribution in [2.24, 2.45) is 0 Å². The van der Waals surface area contributed by atoms with Crippen LogP contribution in [0.25, 0.3) is 21.8 Å². The molecule has 0 aliphatic rings. The summed E-state index contributed by atoms with van der Waals surface area (Å²) in [7, 11) is 3.49. The summed E-state index contributed by atoms with van der Waals surface area (Å²) in [5.74, 6) is 0. The molecule has 0 radical (unpaired) electrons. The lowest BCUT2D eigenvalue weighted by Crippen LogP contribution is -1.68. The monoisotopic (exact) mass is 296 g/mol. The first kappa shape index (κ1) is 12.0. The van der Waals surface area contributed by atoms with Crippen molar-refractivity contribution in [1.82, 2.24) is 9.97 Å². The third kappa shape index (κ3) is 2.21. The third-order valence-corrected chi connectivity index (χ3v) is 5.44. The average molecular weight is 296 g/mol. The van der Waals surface area contributed by atoms with Crippen LogP contribution < -0.4 is 0 Å². The number of H-pyrrole nitrogens is 2. The molecule has 4 rings (SSSR count). The van der Waals surface area contributed by atoms with Gasteiger partial charge in [-0.05, 0) is 45.9 Å². The van der Waals surface area contributed by atoms with E-state index in [2.05, 4.69) is 70.6 Å². The van der Waals surface area contributed by atoms with Crippen LogP contribution >= 0.6 is 21.6 Å². The summed E-state index contributed by atoms with van der Waals surface area (Å²) in [6.07, 6.45) is 0. The standard InChI is InChI=1S/C16H12N2S2/c1-3-7-13-11(5-1)9-15(17-13)19-20-16-10-12-6-2-4-8-14(12)18-16/h1-10,17-18H. The Morgan fingerprint density at radius 3 is 1.50 bits per heavy atom. The Morgan fingerprint density at radius 1 is 0.600 bits per heavy atom. The fraction of sp³-hybridized carbons (Fsp3) is 0. The zero-order chi connectivity index (χ0) is 13.4. The number of fused-ring (bicyclic) bond motifs is 2. The summed E-state index contributed by atoms with van der Waals surface area (Å²) in [5, 5.41) is 4.87. The molecule has 98 valence electrons. The van der Waals surface area contributed by atoms with E-state index in [4.69, 9.17) is 0 Å². The molecule has 2 N–H and O–H groups in total. The molecule has 0 saturated heterocycles. The molecule has 0 fully saturated rings. The highest BCUT2D eigenvalue weighted by molar-refractivity contribution is 8.76. The topological polar surface area (TPSA) is 31.6 Å². The van der Waals surface area contributed by atoms with E-state index in [9.17, 15) is 0 Å². The van der Waals surface area contributed by atoms with E-state index in [1.807, 2.05) is 0 Å². The van der Waals surface area contributed by atoms with Crippen molar-refractivity contribution in [3.63, 3.8) is 0 Å². The second kappa shape index (κ2) is 4.96. The maximum Gasteiger partial charge on any atom is 0.0844 e. The Bertz CT molecular complexity index is 736. The van der Waals surface area contributed by atoms with Crippen LogP contribution in [0.1, 0.15) is 0 Å². The molecule has 4 aromatic rings. The zero-order valence-corrected chi connectivity index (χ0v) is 12.2. The van der Waals surface area contributed by atoms with Crippen molar-refractivity contribution in [2.45, 2.75) is 10.1 Å². The van der Waals surface area contributed by atoms with E-state index in [0.717, 1.165) is 0 Å². The lowest BCUT2D eigenvalue weighted by molar-refractivity contribution is 1.24. The lowest BCUT2D eigenvalue weighted by Gasteiger charge is -1.94.